The van der Waals surface area contributed by atoms with Crippen LogP contribution in [-0.2, 0) is 22.6 Å². The van der Waals surface area contributed by atoms with E-state index in [1.165, 1.54) is 0 Å². The number of benzene rings is 2. The number of carboxylic acids is 1. The molecule has 0 aliphatic carbocycles. The molecule has 0 spiro atoms. The first-order valence-electron chi connectivity index (χ1n) is 9.06. The van der Waals surface area contributed by atoms with Gasteiger partial charge in [0.2, 0.25) is 5.91 Å². The van der Waals surface area contributed by atoms with Gasteiger partial charge >= 0.3 is 5.97 Å². The van der Waals surface area contributed by atoms with Crippen molar-refractivity contribution in [2.75, 3.05) is 5.32 Å². The lowest BCUT2D eigenvalue weighted by atomic mass is 10.1. The first-order valence-corrected chi connectivity index (χ1v) is 9.82. The van der Waals surface area contributed by atoms with E-state index < -0.39 is 5.97 Å². The lowest BCUT2D eigenvalue weighted by Crippen LogP contribution is -2.21. The Kier molecular flexibility index (Phi) is 6.62. The van der Waals surface area contributed by atoms with Crippen molar-refractivity contribution in [3.05, 3.63) is 75.9 Å². The molecule has 2 N–H and O–H groups in total. The highest BCUT2D eigenvalue weighted by Gasteiger charge is 2.15. The third-order valence-electron chi connectivity index (χ3n) is 4.65. The van der Waals surface area contributed by atoms with Gasteiger partial charge in [-0.05, 0) is 60.9 Å². The Morgan fingerprint density at radius 1 is 1.03 bits per heavy atom. The SMILES string of the molecule is Cc1c(Cl)cccc1NC(=O)Cn1c(CCC(=O)O)ccc1-c1ccc(Cl)cc1. The highest BCUT2D eigenvalue weighted by atomic mass is 35.5. The maximum atomic E-state index is 12.8. The summed E-state index contributed by atoms with van der Waals surface area (Å²) in [4.78, 5) is 23.8. The van der Waals surface area contributed by atoms with Gasteiger partial charge in [-0.15, -0.1) is 0 Å². The number of carbonyl (C=O) groups excluding carboxylic acids is 1. The third kappa shape index (κ3) is 5.19. The molecule has 29 heavy (non-hydrogen) atoms. The average Bonchev–Trinajstić information content (AvgIpc) is 3.07. The van der Waals surface area contributed by atoms with Crippen molar-refractivity contribution in [2.45, 2.75) is 26.3 Å². The third-order valence-corrected chi connectivity index (χ3v) is 5.31. The van der Waals surface area contributed by atoms with E-state index in [0.717, 1.165) is 22.5 Å². The molecule has 150 valence electrons. The summed E-state index contributed by atoms with van der Waals surface area (Å²) in [6.45, 7) is 1.89. The zero-order valence-corrected chi connectivity index (χ0v) is 17.3. The number of carboxylic acid groups (broad SMARTS) is 1. The fourth-order valence-electron chi connectivity index (χ4n) is 3.10. The van der Waals surface area contributed by atoms with Crippen LogP contribution in [0.15, 0.2) is 54.6 Å². The molecule has 3 aromatic rings. The molecule has 0 fully saturated rings. The van der Waals surface area contributed by atoms with Gasteiger partial charge in [0, 0.05) is 27.1 Å². The Hall–Kier alpha value is -2.76. The van der Waals surface area contributed by atoms with Crippen LogP contribution in [0.25, 0.3) is 11.3 Å². The van der Waals surface area contributed by atoms with Crippen molar-refractivity contribution in [3.8, 4) is 11.3 Å². The van der Waals surface area contributed by atoms with Crippen LogP contribution in [0.1, 0.15) is 17.7 Å². The lowest BCUT2D eigenvalue weighted by Gasteiger charge is -2.15. The maximum Gasteiger partial charge on any atom is 0.303 e. The van der Waals surface area contributed by atoms with Gasteiger partial charge < -0.3 is 15.0 Å². The Bertz CT molecular complexity index is 1040. The number of nitrogens with one attached hydrogen (secondary N) is 1. The highest BCUT2D eigenvalue weighted by molar-refractivity contribution is 6.31. The molecule has 0 atom stereocenters. The maximum absolute atomic E-state index is 12.8. The summed E-state index contributed by atoms with van der Waals surface area (Å²) in [5.41, 5.74) is 3.92. The molecule has 1 amide bonds. The minimum atomic E-state index is -0.884. The van der Waals surface area contributed by atoms with Crippen LogP contribution < -0.4 is 5.32 Å². The summed E-state index contributed by atoms with van der Waals surface area (Å²) in [5, 5.41) is 13.1. The second-order valence-electron chi connectivity index (χ2n) is 6.66. The van der Waals surface area contributed by atoms with Gasteiger partial charge in [-0.2, -0.15) is 0 Å². The molecule has 0 aliphatic rings. The number of amides is 1. The first-order chi connectivity index (χ1) is 13.8. The van der Waals surface area contributed by atoms with E-state index in [0.29, 0.717) is 22.2 Å². The number of aromatic nitrogens is 1. The van der Waals surface area contributed by atoms with Crippen molar-refractivity contribution >= 4 is 40.8 Å². The minimum absolute atomic E-state index is 0.0148. The molecule has 5 nitrogen and oxygen atoms in total. The standard InChI is InChI=1S/C22H20Cl2N2O3/c1-14-18(24)3-2-4-19(14)25-21(27)13-26-17(10-12-22(28)29)9-11-20(26)15-5-7-16(23)8-6-15/h2-9,11H,10,12-13H2,1H3,(H,25,27)(H,28,29). The molecule has 0 saturated heterocycles. The van der Waals surface area contributed by atoms with Crippen LogP contribution in [0.4, 0.5) is 5.69 Å². The van der Waals surface area contributed by atoms with Gasteiger partial charge in [0.1, 0.15) is 6.54 Å². The number of hydrogen-bond donors (Lipinski definition) is 2. The highest BCUT2D eigenvalue weighted by Crippen LogP contribution is 2.26. The summed E-state index contributed by atoms with van der Waals surface area (Å²) < 4.78 is 1.83. The molecular weight excluding hydrogens is 411 g/mol. The fraction of sp³-hybridized carbons (Fsp3) is 0.182. The van der Waals surface area contributed by atoms with E-state index in [1.54, 1.807) is 30.3 Å². The van der Waals surface area contributed by atoms with Gasteiger partial charge in [0.05, 0.1) is 6.42 Å². The second kappa shape index (κ2) is 9.16. The van der Waals surface area contributed by atoms with Crippen LogP contribution >= 0.6 is 23.2 Å². The summed E-state index contributed by atoms with van der Waals surface area (Å²) in [6, 6.07) is 16.4. The van der Waals surface area contributed by atoms with Crippen LogP contribution in [0.5, 0.6) is 0 Å². The van der Waals surface area contributed by atoms with Gasteiger partial charge in [0.25, 0.3) is 0 Å². The van der Waals surface area contributed by atoms with Crippen LogP contribution in [0.2, 0.25) is 10.0 Å². The minimum Gasteiger partial charge on any atom is -0.481 e. The van der Waals surface area contributed by atoms with Gasteiger partial charge in [0.15, 0.2) is 0 Å². The summed E-state index contributed by atoms with van der Waals surface area (Å²) in [6.07, 6.45) is 0.311. The largest absolute Gasteiger partial charge is 0.481 e. The Labute approximate surface area is 178 Å². The predicted octanol–water partition coefficient (Wildman–Crippen LogP) is 5.43. The van der Waals surface area contributed by atoms with E-state index in [-0.39, 0.29) is 18.9 Å². The predicted molar refractivity (Wildman–Crippen MR) is 116 cm³/mol. The van der Waals surface area contributed by atoms with Gasteiger partial charge in [-0.1, -0.05) is 41.4 Å². The van der Waals surface area contributed by atoms with Crippen molar-refractivity contribution in [1.82, 2.24) is 4.57 Å². The number of hydrogen-bond acceptors (Lipinski definition) is 2. The number of halogens is 2. The van der Waals surface area contributed by atoms with Gasteiger partial charge in [-0.25, -0.2) is 0 Å². The molecule has 0 unspecified atom stereocenters. The molecule has 7 heteroatoms. The monoisotopic (exact) mass is 430 g/mol. The second-order valence-corrected chi connectivity index (χ2v) is 7.50. The quantitative estimate of drug-likeness (QED) is 0.524. The molecule has 0 radical (unpaired) electrons. The van der Waals surface area contributed by atoms with Crippen LogP contribution in [0, 0.1) is 6.92 Å². The number of aliphatic carboxylic acids is 1. The molecule has 2 aromatic carbocycles. The zero-order valence-electron chi connectivity index (χ0n) is 15.8. The molecule has 0 saturated carbocycles. The van der Waals surface area contributed by atoms with Crippen LogP contribution in [-0.4, -0.2) is 21.6 Å². The molecule has 0 bridgehead atoms. The molecule has 3 rings (SSSR count). The average molecular weight is 431 g/mol. The molecule has 1 heterocycles. The Morgan fingerprint density at radius 3 is 2.45 bits per heavy atom. The van der Waals surface area contributed by atoms with E-state index >= 15 is 0 Å². The molecule has 0 aliphatic heterocycles. The number of rotatable bonds is 7. The van der Waals surface area contributed by atoms with Crippen LogP contribution in [0.3, 0.4) is 0 Å². The molecule has 1 aromatic heterocycles. The summed E-state index contributed by atoms with van der Waals surface area (Å²) >= 11 is 12.1. The van der Waals surface area contributed by atoms with Crippen molar-refractivity contribution in [1.29, 1.82) is 0 Å². The van der Waals surface area contributed by atoms with E-state index in [1.807, 2.05) is 35.8 Å². The van der Waals surface area contributed by atoms with Crippen molar-refractivity contribution < 1.29 is 14.7 Å². The Balaban J connectivity index is 1.89. The van der Waals surface area contributed by atoms with E-state index in [4.69, 9.17) is 28.3 Å². The number of carbonyl (C=O) groups is 2. The normalized spacial score (nSPS) is 10.7. The molecular formula is C22H20Cl2N2O3. The number of aryl methyl sites for hydroxylation is 1. The first kappa shape index (κ1) is 21.0. The Morgan fingerprint density at radius 2 is 1.76 bits per heavy atom. The van der Waals surface area contributed by atoms with Crippen molar-refractivity contribution in [2.24, 2.45) is 0 Å². The summed E-state index contributed by atoms with van der Waals surface area (Å²) in [7, 11) is 0. The smallest absolute Gasteiger partial charge is 0.303 e. The van der Waals surface area contributed by atoms with Crippen molar-refractivity contribution in [3.63, 3.8) is 0 Å². The summed E-state index contributed by atoms with van der Waals surface area (Å²) in [5.74, 6) is -1.11. The number of anilines is 1. The van der Waals surface area contributed by atoms with E-state index in [2.05, 4.69) is 5.32 Å². The zero-order chi connectivity index (χ0) is 21.0. The van der Waals surface area contributed by atoms with Gasteiger partial charge in [-0.3, -0.25) is 9.59 Å². The van der Waals surface area contributed by atoms with E-state index in [9.17, 15) is 9.59 Å². The number of nitrogens with zero attached hydrogens (tertiary/aromatic N) is 1. The lowest BCUT2D eigenvalue weighted by molar-refractivity contribution is -0.137. The topological polar surface area (TPSA) is 71.3 Å². The fourth-order valence-corrected chi connectivity index (χ4v) is 3.40.